The van der Waals surface area contributed by atoms with Crippen molar-refractivity contribution in [2.24, 2.45) is 5.92 Å². The first-order chi connectivity index (χ1) is 14.7. The molecule has 0 saturated carbocycles. The molecular weight excluding hydrogens is 426 g/mol. The van der Waals surface area contributed by atoms with Crippen molar-refractivity contribution in [2.45, 2.75) is 71.3 Å². The number of carboxylic acids is 1. The van der Waals surface area contributed by atoms with E-state index in [9.17, 15) is 28.3 Å². The van der Waals surface area contributed by atoms with Gasteiger partial charge in [0, 0.05) is 6.42 Å². The molecule has 1 rings (SSSR count). The fourth-order valence-corrected chi connectivity index (χ4v) is 2.95. The second-order valence-electron chi connectivity index (χ2n) is 8.94. The summed E-state index contributed by atoms with van der Waals surface area (Å²) in [7, 11) is 0. The van der Waals surface area contributed by atoms with E-state index in [0.717, 1.165) is 0 Å². The number of carbonyl (C=O) groups excluding carboxylic acids is 2. The quantitative estimate of drug-likeness (QED) is 0.469. The minimum atomic E-state index is -3.23. The molecule has 0 aromatic heterocycles. The van der Waals surface area contributed by atoms with Crippen LogP contribution in [-0.4, -0.2) is 53.5 Å². The van der Waals surface area contributed by atoms with Crippen LogP contribution in [0.3, 0.4) is 0 Å². The zero-order valence-corrected chi connectivity index (χ0v) is 19.0. The van der Waals surface area contributed by atoms with E-state index in [4.69, 9.17) is 4.74 Å². The number of rotatable bonds is 11. The molecule has 0 aliphatic heterocycles. The maximum absolute atomic E-state index is 13.0. The van der Waals surface area contributed by atoms with Crippen molar-refractivity contribution in [3.8, 4) is 0 Å². The summed E-state index contributed by atoms with van der Waals surface area (Å²) in [6, 6.07) is 7.09. The van der Waals surface area contributed by atoms with E-state index in [1.807, 2.05) is 13.8 Å². The number of halogens is 2. The molecule has 2 atom stereocenters. The molecular formula is C22H32F2N2O6. The third-order valence-corrected chi connectivity index (χ3v) is 4.29. The molecule has 1 aromatic carbocycles. The van der Waals surface area contributed by atoms with Gasteiger partial charge in [0.25, 0.3) is 0 Å². The van der Waals surface area contributed by atoms with Crippen LogP contribution in [0, 0.1) is 5.92 Å². The van der Waals surface area contributed by atoms with Crippen LogP contribution < -0.4 is 10.6 Å². The van der Waals surface area contributed by atoms with Gasteiger partial charge in [-0.3, -0.25) is 4.79 Å². The van der Waals surface area contributed by atoms with Crippen LogP contribution in [0.1, 0.15) is 46.6 Å². The van der Waals surface area contributed by atoms with Crippen LogP contribution in [0.5, 0.6) is 0 Å². The van der Waals surface area contributed by atoms with Gasteiger partial charge in [-0.2, -0.15) is 8.78 Å². The topological polar surface area (TPSA) is 114 Å². The Kier molecular flexibility index (Phi) is 10.0. The van der Waals surface area contributed by atoms with Crippen LogP contribution >= 0.6 is 0 Å². The Labute approximate surface area is 186 Å². The molecule has 32 heavy (non-hydrogen) atoms. The minimum Gasteiger partial charge on any atom is -0.479 e. The van der Waals surface area contributed by atoms with Crippen molar-refractivity contribution in [3.05, 3.63) is 35.9 Å². The molecule has 2 amide bonds. The molecule has 0 saturated heterocycles. The number of carboxylic acid groups (broad SMARTS) is 1. The third-order valence-electron chi connectivity index (χ3n) is 4.29. The SMILES string of the molecule is CC(C)C[C@H](NC(=O)OC(C)(C)C)C(=O)N[C@](COC(F)F)(Cc1ccccc1)C(=O)O. The standard InChI is InChI=1S/C22H32F2N2O6/c1-14(2)11-16(25-20(30)32-21(3,4)5)17(27)26-22(18(28)29,13-31-19(23)24)12-15-9-7-6-8-10-15/h6-10,14,16,19H,11-13H2,1-5H3,(H,25,30)(H,26,27)(H,28,29)/t16-,22-/m0/s1. The molecule has 0 unspecified atom stereocenters. The Balaban J connectivity index is 3.19. The number of nitrogens with one attached hydrogen (secondary N) is 2. The first kappa shape index (κ1) is 27.3. The summed E-state index contributed by atoms with van der Waals surface area (Å²) < 4.78 is 35.0. The Bertz CT molecular complexity index is 767. The lowest BCUT2D eigenvalue weighted by molar-refractivity contribution is -0.168. The fourth-order valence-electron chi connectivity index (χ4n) is 2.95. The zero-order valence-electron chi connectivity index (χ0n) is 19.0. The number of ether oxygens (including phenoxy) is 2. The van der Waals surface area contributed by atoms with Gasteiger partial charge in [-0.25, -0.2) is 9.59 Å². The fraction of sp³-hybridized carbons (Fsp3) is 0.591. The first-order valence-corrected chi connectivity index (χ1v) is 10.2. The van der Waals surface area contributed by atoms with Crippen molar-refractivity contribution >= 4 is 18.0 Å². The van der Waals surface area contributed by atoms with Crippen LogP contribution in [0.25, 0.3) is 0 Å². The molecule has 10 heteroatoms. The molecule has 0 heterocycles. The number of hydrogen-bond donors (Lipinski definition) is 3. The van der Waals surface area contributed by atoms with Crippen LogP contribution in [0.2, 0.25) is 0 Å². The van der Waals surface area contributed by atoms with Gasteiger partial charge >= 0.3 is 18.7 Å². The van der Waals surface area contributed by atoms with Gasteiger partial charge in [0.1, 0.15) is 11.6 Å². The van der Waals surface area contributed by atoms with Crippen molar-refractivity contribution in [2.75, 3.05) is 6.61 Å². The first-order valence-electron chi connectivity index (χ1n) is 10.2. The van der Waals surface area contributed by atoms with Gasteiger partial charge in [0.2, 0.25) is 5.91 Å². The monoisotopic (exact) mass is 458 g/mol. The van der Waals surface area contributed by atoms with E-state index in [-0.39, 0.29) is 18.8 Å². The Hall–Kier alpha value is -2.75. The average molecular weight is 459 g/mol. The Morgan fingerprint density at radius 2 is 1.69 bits per heavy atom. The zero-order chi connectivity index (χ0) is 24.5. The lowest BCUT2D eigenvalue weighted by Gasteiger charge is -2.33. The molecule has 0 fully saturated rings. The summed E-state index contributed by atoms with van der Waals surface area (Å²) >= 11 is 0. The van der Waals surface area contributed by atoms with Crippen molar-refractivity contribution in [3.63, 3.8) is 0 Å². The highest BCUT2D eigenvalue weighted by molar-refractivity contribution is 5.91. The smallest absolute Gasteiger partial charge is 0.408 e. The predicted molar refractivity (Wildman–Crippen MR) is 113 cm³/mol. The van der Waals surface area contributed by atoms with Gasteiger partial charge in [0.15, 0.2) is 5.54 Å². The third kappa shape index (κ3) is 9.59. The number of alkyl halides is 2. The maximum atomic E-state index is 13.0. The molecule has 1 aromatic rings. The highest BCUT2D eigenvalue weighted by atomic mass is 19.3. The second kappa shape index (κ2) is 11.8. The van der Waals surface area contributed by atoms with Crippen LogP contribution in [-0.2, 0) is 25.5 Å². The molecule has 0 spiro atoms. The van der Waals surface area contributed by atoms with Gasteiger partial charge < -0.3 is 25.2 Å². The molecule has 180 valence electrons. The van der Waals surface area contributed by atoms with Crippen LogP contribution in [0.4, 0.5) is 13.6 Å². The van der Waals surface area contributed by atoms with E-state index in [2.05, 4.69) is 15.4 Å². The van der Waals surface area contributed by atoms with E-state index < -0.39 is 48.4 Å². The number of amides is 2. The number of benzene rings is 1. The molecule has 3 N–H and O–H groups in total. The average Bonchev–Trinajstić information content (AvgIpc) is 2.64. The molecule has 0 bridgehead atoms. The number of carbonyl (C=O) groups is 3. The summed E-state index contributed by atoms with van der Waals surface area (Å²) in [4.78, 5) is 37.4. The minimum absolute atomic E-state index is 0.0497. The lowest BCUT2D eigenvalue weighted by atomic mass is 9.90. The molecule has 8 nitrogen and oxygen atoms in total. The van der Waals surface area contributed by atoms with E-state index in [0.29, 0.717) is 5.56 Å². The maximum Gasteiger partial charge on any atom is 0.408 e. The largest absolute Gasteiger partial charge is 0.479 e. The Morgan fingerprint density at radius 1 is 1.09 bits per heavy atom. The van der Waals surface area contributed by atoms with Gasteiger partial charge in [0.05, 0.1) is 6.61 Å². The highest BCUT2D eigenvalue weighted by Gasteiger charge is 2.43. The summed E-state index contributed by atoms with van der Waals surface area (Å²) in [5, 5.41) is 14.7. The van der Waals surface area contributed by atoms with Crippen molar-refractivity contribution < 1.29 is 37.7 Å². The summed E-state index contributed by atoms with van der Waals surface area (Å²) in [6.07, 6.45) is -0.990. The normalized spacial score (nSPS) is 14.5. The number of hydrogen-bond acceptors (Lipinski definition) is 5. The van der Waals surface area contributed by atoms with Gasteiger partial charge in [-0.15, -0.1) is 0 Å². The summed E-state index contributed by atoms with van der Waals surface area (Å²) in [5.74, 6) is -2.44. The van der Waals surface area contributed by atoms with Gasteiger partial charge in [-0.1, -0.05) is 44.2 Å². The molecule has 0 aliphatic carbocycles. The van der Waals surface area contributed by atoms with Crippen molar-refractivity contribution in [1.29, 1.82) is 0 Å². The number of alkyl carbamates (subject to hydrolysis) is 1. The molecule has 0 radical (unpaired) electrons. The predicted octanol–water partition coefficient (Wildman–Crippen LogP) is 3.35. The summed E-state index contributed by atoms with van der Waals surface area (Å²) in [6.45, 7) is 4.38. The molecule has 0 aliphatic rings. The highest BCUT2D eigenvalue weighted by Crippen LogP contribution is 2.18. The van der Waals surface area contributed by atoms with E-state index in [1.54, 1.807) is 51.1 Å². The van der Waals surface area contributed by atoms with E-state index >= 15 is 0 Å². The van der Waals surface area contributed by atoms with Crippen LogP contribution in [0.15, 0.2) is 30.3 Å². The van der Waals surface area contributed by atoms with Crippen molar-refractivity contribution in [1.82, 2.24) is 10.6 Å². The summed E-state index contributed by atoms with van der Waals surface area (Å²) in [5.41, 5.74) is -2.50. The number of aliphatic carboxylic acids is 1. The van der Waals surface area contributed by atoms with Gasteiger partial charge in [-0.05, 0) is 38.7 Å². The second-order valence-corrected chi connectivity index (χ2v) is 8.94. The Morgan fingerprint density at radius 3 is 2.16 bits per heavy atom. The lowest BCUT2D eigenvalue weighted by Crippen LogP contribution is -2.63. The van der Waals surface area contributed by atoms with E-state index in [1.165, 1.54) is 0 Å².